The lowest BCUT2D eigenvalue weighted by Crippen LogP contribution is -2.05. The number of hydrogen-bond acceptors (Lipinski definition) is 4. The zero-order chi connectivity index (χ0) is 16.4. The normalized spacial score (nSPS) is 11.5. The second-order valence-corrected chi connectivity index (χ2v) is 5.85. The summed E-state index contributed by atoms with van der Waals surface area (Å²) in [6.45, 7) is 1.94. The lowest BCUT2D eigenvalue weighted by molar-refractivity contribution is -0.137. The molecule has 7 heteroatoms. The van der Waals surface area contributed by atoms with Crippen molar-refractivity contribution in [2.45, 2.75) is 13.1 Å². The van der Waals surface area contributed by atoms with Crippen LogP contribution < -0.4 is 5.32 Å². The molecule has 0 saturated heterocycles. The van der Waals surface area contributed by atoms with Crippen LogP contribution in [0.5, 0.6) is 0 Å². The third-order valence-corrected chi connectivity index (χ3v) is 3.87. The Morgan fingerprint density at radius 3 is 2.70 bits per heavy atom. The van der Waals surface area contributed by atoms with Crippen LogP contribution in [-0.2, 0) is 6.18 Å². The Labute approximate surface area is 134 Å². The van der Waals surface area contributed by atoms with Gasteiger partial charge in [0.2, 0.25) is 0 Å². The lowest BCUT2D eigenvalue weighted by Gasteiger charge is -2.08. The Kier molecular flexibility index (Phi) is 4.04. The number of aryl methyl sites for hydroxylation is 1. The predicted molar refractivity (Wildman–Crippen MR) is 84.8 cm³/mol. The molecule has 0 amide bonds. The van der Waals surface area contributed by atoms with E-state index in [1.807, 2.05) is 18.4 Å². The van der Waals surface area contributed by atoms with E-state index in [4.69, 9.17) is 0 Å². The smallest absolute Gasteiger partial charge is 0.332 e. The average molecular weight is 335 g/mol. The number of aromatic nitrogens is 2. The first-order valence-corrected chi connectivity index (χ1v) is 7.61. The summed E-state index contributed by atoms with van der Waals surface area (Å²) in [5, 5.41) is 5.28. The van der Waals surface area contributed by atoms with Gasteiger partial charge in [-0.2, -0.15) is 13.2 Å². The number of benzene rings is 1. The maximum Gasteiger partial charge on any atom is 0.416 e. The van der Waals surface area contributed by atoms with Crippen molar-refractivity contribution in [3.05, 3.63) is 59.2 Å². The molecule has 2 heterocycles. The number of rotatable bonds is 3. The van der Waals surface area contributed by atoms with Crippen LogP contribution in [0.2, 0.25) is 0 Å². The van der Waals surface area contributed by atoms with E-state index in [0.29, 0.717) is 10.8 Å². The van der Waals surface area contributed by atoms with Gasteiger partial charge in [-0.3, -0.25) is 4.98 Å². The van der Waals surface area contributed by atoms with E-state index < -0.39 is 11.7 Å². The molecule has 23 heavy (non-hydrogen) atoms. The number of thiazole rings is 1. The van der Waals surface area contributed by atoms with E-state index in [1.54, 1.807) is 18.5 Å². The Hall–Kier alpha value is -2.41. The van der Waals surface area contributed by atoms with Gasteiger partial charge in [0.05, 0.1) is 11.3 Å². The van der Waals surface area contributed by atoms with Crippen LogP contribution in [0.3, 0.4) is 0 Å². The molecule has 0 unspecified atom stereocenters. The van der Waals surface area contributed by atoms with E-state index in [-0.39, 0.29) is 0 Å². The average Bonchev–Trinajstić information content (AvgIpc) is 2.95. The predicted octanol–water partition coefficient (Wildman–Crippen LogP) is 5.28. The fourth-order valence-corrected chi connectivity index (χ4v) is 2.80. The van der Waals surface area contributed by atoms with Crippen LogP contribution in [0.4, 0.5) is 24.0 Å². The van der Waals surface area contributed by atoms with Crippen molar-refractivity contribution in [3.63, 3.8) is 0 Å². The molecule has 0 bridgehead atoms. The Morgan fingerprint density at radius 2 is 1.96 bits per heavy atom. The highest BCUT2D eigenvalue weighted by Crippen LogP contribution is 2.32. The SMILES string of the molecule is Cc1cncc(-c2csc(Nc3cccc(C(F)(F)F)c3)n2)c1. The summed E-state index contributed by atoms with van der Waals surface area (Å²) in [6.07, 6.45) is -0.910. The fourth-order valence-electron chi connectivity index (χ4n) is 2.06. The number of anilines is 2. The molecular formula is C16H12F3N3S. The van der Waals surface area contributed by atoms with Crippen LogP contribution in [0.1, 0.15) is 11.1 Å². The summed E-state index contributed by atoms with van der Waals surface area (Å²) in [6, 6.07) is 7.00. The molecule has 3 aromatic rings. The van der Waals surface area contributed by atoms with Gasteiger partial charge >= 0.3 is 6.18 Å². The molecule has 1 aromatic carbocycles. The lowest BCUT2D eigenvalue weighted by atomic mass is 10.2. The van der Waals surface area contributed by atoms with E-state index in [1.165, 1.54) is 17.4 Å². The minimum absolute atomic E-state index is 0.350. The minimum Gasteiger partial charge on any atom is -0.332 e. The maximum atomic E-state index is 12.7. The molecule has 0 aliphatic carbocycles. The summed E-state index contributed by atoms with van der Waals surface area (Å²) in [4.78, 5) is 8.51. The van der Waals surface area contributed by atoms with Gasteiger partial charge in [-0.25, -0.2) is 4.98 Å². The molecule has 0 fully saturated rings. The molecule has 2 aromatic heterocycles. The second kappa shape index (κ2) is 6.00. The number of alkyl halides is 3. The van der Waals surface area contributed by atoms with E-state index in [2.05, 4.69) is 15.3 Å². The van der Waals surface area contributed by atoms with Gasteiger partial charge in [-0.15, -0.1) is 11.3 Å². The summed E-state index contributed by atoms with van der Waals surface area (Å²) >= 11 is 1.33. The molecule has 0 atom stereocenters. The van der Waals surface area contributed by atoms with Crippen LogP contribution in [0, 0.1) is 6.92 Å². The van der Waals surface area contributed by atoms with Crippen molar-refractivity contribution in [1.82, 2.24) is 9.97 Å². The largest absolute Gasteiger partial charge is 0.416 e. The first kappa shape index (κ1) is 15.5. The summed E-state index contributed by atoms with van der Waals surface area (Å²) in [5.41, 5.74) is 2.28. The topological polar surface area (TPSA) is 37.8 Å². The molecular weight excluding hydrogens is 323 g/mol. The van der Waals surface area contributed by atoms with E-state index >= 15 is 0 Å². The molecule has 0 radical (unpaired) electrons. The van der Waals surface area contributed by atoms with Gasteiger partial charge in [0.15, 0.2) is 5.13 Å². The molecule has 3 rings (SSSR count). The Morgan fingerprint density at radius 1 is 1.13 bits per heavy atom. The van der Waals surface area contributed by atoms with E-state index in [9.17, 15) is 13.2 Å². The number of halogens is 3. The first-order chi connectivity index (χ1) is 10.9. The molecule has 3 nitrogen and oxygen atoms in total. The fraction of sp³-hybridized carbons (Fsp3) is 0.125. The van der Waals surface area contributed by atoms with Gasteiger partial charge in [-0.1, -0.05) is 6.07 Å². The van der Waals surface area contributed by atoms with Crippen molar-refractivity contribution in [2.24, 2.45) is 0 Å². The van der Waals surface area contributed by atoms with Crippen LogP contribution in [-0.4, -0.2) is 9.97 Å². The summed E-state index contributed by atoms with van der Waals surface area (Å²) in [7, 11) is 0. The van der Waals surface area contributed by atoms with Gasteiger partial charge in [0, 0.05) is 29.0 Å². The summed E-state index contributed by atoms with van der Waals surface area (Å²) < 4.78 is 38.2. The highest BCUT2D eigenvalue weighted by atomic mass is 32.1. The van der Waals surface area contributed by atoms with Gasteiger partial charge in [0.1, 0.15) is 0 Å². The molecule has 0 spiro atoms. The van der Waals surface area contributed by atoms with Gasteiger partial charge in [0.25, 0.3) is 0 Å². The van der Waals surface area contributed by atoms with Crippen molar-refractivity contribution < 1.29 is 13.2 Å². The zero-order valence-corrected chi connectivity index (χ0v) is 12.9. The molecule has 0 aliphatic heterocycles. The van der Waals surface area contributed by atoms with Gasteiger partial charge in [-0.05, 0) is 36.8 Å². The van der Waals surface area contributed by atoms with Crippen molar-refractivity contribution in [1.29, 1.82) is 0 Å². The Bertz CT molecular complexity index is 827. The maximum absolute atomic E-state index is 12.7. The van der Waals surface area contributed by atoms with E-state index in [0.717, 1.165) is 29.0 Å². The first-order valence-electron chi connectivity index (χ1n) is 6.74. The monoisotopic (exact) mass is 335 g/mol. The second-order valence-electron chi connectivity index (χ2n) is 4.99. The van der Waals surface area contributed by atoms with Crippen molar-refractivity contribution in [3.8, 4) is 11.3 Å². The quantitative estimate of drug-likeness (QED) is 0.708. The Balaban J connectivity index is 1.82. The van der Waals surface area contributed by atoms with Crippen molar-refractivity contribution in [2.75, 3.05) is 5.32 Å². The summed E-state index contributed by atoms with van der Waals surface area (Å²) in [5.74, 6) is 0. The third kappa shape index (κ3) is 3.68. The standard InChI is InChI=1S/C16H12F3N3S/c1-10-5-11(8-20-7-10)14-9-23-15(22-14)21-13-4-2-3-12(6-13)16(17,18)19/h2-9H,1H3,(H,21,22). The molecule has 1 N–H and O–H groups in total. The number of pyridine rings is 1. The number of hydrogen-bond donors (Lipinski definition) is 1. The van der Waals surface area contributed by atoms with Gasteiger partial charge < -0.3 is 5.32 Å². The molecule has 0 saturated carbocycles. The van der Waals surface area contributed by atoms with Crippen LogP contribution in [0.15, 0.2) is 48.1 Å². The molecule has 118 valence electrons. The number of nitrogens with one attached hydrogen (secondary N) is 1. The molecule has 0 aliphatic rings. The van der Waals surface area contributed by atoms with Crippen LogP contribution >= 0.6 is 11.3 Å². The minimum atomic E-state index is -4.36. The highest BCUT2D eigenvalue weighted by Gasteiger charge is 2.30. The van der Waals surface area contributed by atoms with Crippen molar-refractivity contribution >= 4 is 22.2 Å². The third-order valence-electron chi connectivity index (χ3n) is 3.12. The number of nitrogens with zero attached hydrogens (tertiary/aromatic N) is 2. The zero-order valence-electron chi connectivity index (χ0n) is 12.1. The van der Waals surface area contributed by atoms with Crippen LogP contribution in [0.25, 0.3) is 11.3 Å². The highest BCUT2D eigenvalue weighted by molar-refractivity contribution is 7.14.